The Balaban J connectivity index is 2.17. The molecule has 3 nitrogen and oxygen atoms in total. The number of carbonyl (C=O) groups is 1. The number of hydrogen-bond donors (Lipinski definition) is 2. The number of primary amides is 1. The highest BCUT2D eigenvalue weighted by molar-refractivity contribution is 9.10. The molecular weight excluding hydrogens is 292 g/mol. The summed E-state index contributed by atoms with van der Waals surface area (Å²) in [5.41, 5.74) is 6.68. The average Bonchev–Trinajstić information content (AvgIpc) is 2.27. The average molecular weight is 311 g/mol. The zero-order valence-corrected chi connectivity index (χ0v) is 12.3. The van der Waals surface area contributed by atoms with Gasteiger partial charge in [0, 0.05) is 10.5 Å². The van der Waals surface area contributed by atoms with Gasteiger partial charge in [-0.05, 0) is 36.0 Å². The Morgan fingerprint density at radius 3 is 2.72 bits per heavy atom. The standard InChI is InChI=1S/C14H19BrN2O/c1-14(2)7-6-11(14)17-12(13(16)18)9-4-3-5-10(15)8-9/h3-5,8,11-12,17H,6-7H2,1-2H3,(H2,16,18)/t11-,12+/m1/s1. The van der Waals surface area contributed by atoms with Crippen LogP contribution in [0.3, 0.4) is 0 Å². The third kappa shape index (κ3) is 2.75. The van der Waals surface area contributed by atoms with Gasteiger partial charge in [0.15, 0.2) is 0 Å². The molecule has 0 unspecified atom stereocenters. The van der Waals surface area contributed by atoms with Crippen LogP contribution in [-0.4, -0.2) is 11.9 Å². The number of amides is 1. The van der Waals surface area contributed by atoms with E-state index in [4.69, 9.17) is 5.73 Å². The first-order chi connectivity index (χ1) is 8.40. The fourth-order valence-electron chi connectivity index (χ4n) is 2.40. The van der Waals surface area contributed by atoms with Gasteiger partial charge < -0.3 is 5.73 Å². The summed E-state index contributed by atoms with van der Waals surface area (Å²) in [5.74, 6) is -0.323. The van der Waals surface area contributed by atoms with Crippen LogP contribution in [0.5, 0.6) is 0 Å². The molecule has 0 bridgehead atoms. The third-order valence-corrected chi connectivity index (χ3v) is 4.35. The number of rotatable bonds is 4. The Labute approximate surface area is 116 Å². The maximum atomic E-state index is 11.6. The van der Waals surface area contributed by atoms with Gasteiger partial charge in [0.25, 0.3) is 0 Å². The third-order valence-electron chi connectivity index (χ3n) is 3.86. The van der Waals surface area contributed by atoms with Gasteiger partial charge in [0.2, 0.25) is 5.91 Å². The number of nitrogens with two attached hydrogens (primary N) is 1. The number of hydrogen-bond acceptors (Lipinski definition) is 2. The van der Waals surface area contributed by atoms with Gasteiger partial charge in [-0.25, -0.2) is 0 Å². The first-order valence-electron chi connectivity index (χ1n) is 6.21. The fraction of sp³-hybridized carbons (Fsp3) is 0.500. The number of halogens is 1. The van der Waals surface area contributed by atoms with Crippen LogP contribution in [0.2, 0.25) is 0 Å². The van der Waals surface area contributed by atoms with Crippen molar-refractivity contribution in [2.75, 3.05) is 0 Å². The van der Waals surface area contributed by atoms with Gasteiger partial charge in [-0.15, -0.1) is 0 Å². The zero-order valence-electron chi connectivity index (χ0n) is 10.7. The predicted octanol–water partition coefficient (Wildman–Crippen LogP) is 2.75. The van der Waals surface area contributed by atoms with Gasteiger partial charge in [-0.1, -0.05) is 41.9 Å². The van der Waals surface area contributed by atoms with Crippen molar-refractivity contribution in [1.82, 2.24) is 5.32 Å². The molecular formula is C14H19BrN2O. The largest absolute Gasteiger partial charge is 0.368 e. The van der Waals surface area contributed by atoms with Crippen LogP contribution in [0.4, 0.5) is 0 Å². The van der Waals surface area contributed by atoms with Crippen molar-refractivity contribution in [3.8, 4) is 0 Å². The molecule has 98 valence electrons. The Kier molecular flexibility index (Phi) is 3.78. The fourth-order valence-corrected chi connectivity index (χ4v) is 2.82. The van der Waals surface area contributed by atoms with Crippen LogP contribution in [0.25, 0.3) is 0 Å². The summed E-state index contributed by atoms with van der Waals surface area (Å²) in [6.07, 6.45) is 2.29. The van der Waals surface area contributed by atoms with Gasteiger partial charge in [0.1, 0.15) is 6.04 Å². The Hall–Kier alpha value is -0.870. The molecule has 0 saturated heterocycles. The number of benzene rings is 1. The van der Waals surface area contributed by atoms with Crippen molar-refractivity contribution in [3.05, 3.63) is 34.3 Å². The second-order valence-corrected chi connectivity index (χ2v) is 6.55. The second kappa shape index (κ2) is 5.02. The molecule has 1 fully saturated rings. The molecule has 1 aromatic carbocycles. The van der Waals surface area contributed by atoms with E-state index < -0.39 is 6.04 Å². The zero-order chi connectivity index (χ0) is 13.3. The van der Waals surface area contributed by atoms with Gasteiger partial charge in [0.05, 0.1) is 0 Å². The minimum Gasteiger partial charge on any atom is -0.368 e. The summed E-state index contributed by atoms with van der Waals surface area (Å²) in [4.78, 5) is 11.6. The van der Waals surface area contributed by atoms with Crippen LogP contribution in [-0.2, 0) is 4.79 Å². The van der Waals surface area contributed by atoms with Crippen molar-refractivity contribution in [3.63, 3.8) is 0 Å². The summed E-state index contributed by atoms with van der Waals surface area (Å²) in [7, 11) is 0. The second-order valence-electron chi connectivity index (χ2n) is 5.64. The van der Waals surface area contributed by atoms with E-state index in [0.29, 0.717) is 6.04 Å². The van der Waals surface area contributed by atoms with Gasteiger partial charge >= 0.3 is 0 Å². The van der Waals surface area contributed by atoms with E-state index in [2.05, 4.69) is 35.1 Å². The predicted molar refractivity (Wildman–Crippen MR) is 76.0 cm³/mol. The highest BCUT2D eigenvalue weighted by atomic mass is 79.9. The van der Waals surface area contributed by atoms with Crippen LogP contribution < -0.4 is 11.1 Å². The molecule has 1 saturated carbocycles. The van der Waals surface area contributed by atoms with Crippen LogP contribution in [0.15, 0.2) is 28.7 Å². The minimum atomic E-state index is -0.410. The van der Waals surface area contributed by atoms with Crippen molar-refractivity contribution in [2.24, 2.45) is 11.1 Å². The lowest BCUT2D eigenvalue weighted by atomic mass is 9.67. The van der Waals surface area contributed by atoms with E-state index in [0.717, 1.165) is 16.5 Å². The monoisotopic (exact) mass is 310 g/mol. The molecule has 0 spiro atoms. The molecule has 18 heavy (non-hydrogen) atoms. The van der Waals surface area contributed by atoms with Crippen LogP contribution >= 0.6 is 15.9 Å². The maximum absolute atomic E-state index is 11.6. The van der Waals surface area contributed by atoms with Gasteiger partial charge in [-0.2, -0.15) is 0 Å². The van der Waals surface area contributed by atoms with E-state index in [1.807, 2.05) is 24.3 Å². The topological polar surface area (TPSA) is 55.1 Å². The molecule has 1 amide bonds. The lowest BCUT2D eigenvalue weighted by Crippen LogP contribution is -2.53. The molecule has 2 atom stereocenters. The van der Waals surface area contributed by atoms with Crippen molar-refractivity contribution >= 4 is 21.8 Å². The Bertz CT molecular complexity index is 459. The Morgan fingerprint density at radius 2 is 2.28 bits per heavy atom. The van der Waals surface area contributed by atoms with Gasteiger partial charge in [-0.3, -0.25) is 10.1 Å². The van der Waals surface area contributed by atoms with E-state index in [1.54, 1.807) is 0 Å². The minimum absolute atomic E-state index is 0.250. The molecule has 1 aliphatic carbocycles. The summed E-state index contributed by atoms with van der Waals surface area (Å²) < 4.78 is 0.959. The molecule has 3 N–H and O–H groups in total. The normalized spacial score (nSPS) is 23.2. The highest BCUT2D eigenvalue weighted by Crippen LogP contribution is 2.41. The first-order valence-corrected chi connectivity index (χ1v) is 7.00. The molecule has 2 rings (SSSR count). The quantitative estimate of drug-likeness (QED) is 0.898. The molecule has 0 radical (unpaired) electrons. The molecule has 1 aliphatic rings. The lowest BCUT2D eigenvalue weighted by molar-refractivity contribution is -0.121. The van der Waals surface area contributed by atoms with E-state index in [-0.39, 0.29) is 11.3 Å². The van der Waals surface area contributed by atoms with Crippen LogP contribution in [0, 0.1) is 5.41 Å². The Morgan fingerprint density at radius 1 is 1.56 bits per heavy atom. The summed E-state index contributed by atoms with van der Waals surface area (Å²) in [6, 6.07) is 7.67. The van der Waals surface area contributed by atoms with E-state index in [1.165, 1.54) is 6.42 Å². The van der Waals surface area contributed by atoms with Crippen LogP contribution in [0.1, 0.15) is 38.3 Å². The lowest BCUT2D eigenvalue weighted by Gasteiger charge is -2.46. The highest BCUT2D eigenvalue weighted by Gasteiger charge is 2.40. The molecule has 0 heterocycles. The maximum Gasteiger partial charge on any atom is 0.239 e. The van der Waals surface area contributed by atoms with Crippen molar-refractivity contribution in [2.45, 2.75) is 38.8 Å². The summed E-state index contributed by atoms with van der Waals surface area (Å²) in [5, 5.41) is 3.39. The number of carbonyl (C=O) groups excluding carboxylic acids is 1. The van der Waals surface area contributed by atoms with E-state index in [9.17, 15) is 4.79 Å². The van der Waals surface area contributed by atoms with Crippen molar-refractivity contribution in [1.29, 1.82) is 0 Å². The molecule has 4 heteroatoms. The van der Waals surface area contributed by atoms with Crippen molar-refractivity contribution < 1.29 is 4.79 Å². The molecule has 0 aliphatic heterocycles. The SMILES string of the molecule is CC1(C)CC[C@H]1N[C@H](C(N)=O)c1cccc(Br)c1. The number of nitrogens with one attached hydrogen (secondary N) is 1. The van der Waals surface area contributed by atoms with E-state index >= 15 is 0 Å². The first kappa shape index (κ1) is 13.6. The molecule has 1 aromatic rings. The summed E-state index contributed by atoms with van der Waals surface area (Å²) in [6.45, 7) is 4.43. The smallest absolute Gasteiger partial charge is 0.239 e. The summed E-state index contributed by atoms with van der Waals surface area (Å²) >= 11 is 3.42. The molecule has 0 aromatic heterocycles.